The Morgan fingerprint density at radius 2 is 1.90 bits per heavy atom. The van der Waals surface area contributed by atoms with Crippen LogP contribution in [0.4, 0.5) is 10.1 Å². The Morgan fingerprint density at radius 3 is 2.57 bits per heavy atom. The Balaban J connectivity index is 2.23. The number of anilines is 1. The van der Waals surface area contributed by atoms with Crippen molar-refractivity contribution in [3.05, 3.63) is 64.9 Å². The third-order valence-corrected chi connectivity index (χ3v) is 3.56. The van der Waals surface area contributed by atoms with Crippen molar-refractivity contribution in [2.24, 2.45) is 5.73 Å². The molecule has 2 aromatic carbocycles. The number of hydrogen-bond donors (Lipinski definition) is 1. The van der Waals surface area contributed by atoms with Gasteiger partial charge in [0.15, 0.2) is 0 Å². The molecule has 0 radical (unpaired) electrons. The fraction of sp³-hybridized carbons (Fsp3) is 0.188. The lowest BCUT2D eigenvalue weighted by Crippen LogP contribution is -2.27. The lowest BCUT2D eigenvalue weighted by Gasteiger charge is -2.25. The van der Waals surface area contributed by atoms with Crippen LogP contribution in [-0.4, -0.2) is 11.5 Å². The lowest BCUT2D eigenvalue weighted by atomic mass is 10.1. The monoisotopic (exact) mass is 322 g/mol. The summed E-state index contributed by atoms with van der Waals surface area (Å²) in [7, 11) is 0. The van der Waals surface area contributed by atoms with Crippen molar-refractivity contribution in [3.8, 4) is 0 Å². The Labute approximate surface area is 134 Å². The fourth-order valence-corrected chi connectivity index (χ4v) is 2.34. The minimum atomic E-state index is -0.268. The number of para-hydroxylation sites is 1. The summed E-state index contributed by atoms with van der Waals surface area (Å²) in [4.78, 5) is 2.48. The Kier molecular flexibility index (Phi) is 5.53. The average molecular weight is 323 g/mol. The molecule has 0 aromatic heterocycles. The SMILES string of the molecule is NC(=S)CCN(Cc1cc(Cl)ccc1F)c1ccccc1. The largest absolute Gasteiger partial charge is 0.393 e. The van der Waals surface area contributed by atoms with Crippen LogP contribution >= 0.6 is 23.8 Å². The molecule has 2 nitrogen and oxygen atoms in total. The topological polar surface area (TPSA) is 29.3 Å². The maximum atomic E-state index is 13.9. The normalized spacial score (nSPS) is 10.4. The van der Waals surface area contributed by atoms with Crippen LogP contribution in [-0.2, 0) is 6.54 Å². The molecule has 2 aromatic rings. The molecule has 0 aliphatic heterocycles. The molecule has 2 rings (SSSR count). The van der Waals surface area contributed by atoms with E-state index in [-0.39, 0.29) is 5.82 Å². The maximum Gasteiger partial charge on any atom is 0.128 e. The molecule has 0 bridgehead atoms. The van der Waals surface area contributed by atoms with Gasteiger partial charge in [-0.25, -0.2) is 4.39 Å². The fourth-order valence-electron chi connectivity index (χ4n) is 2.05. The van der Waals surface area contributed by atoms with Crippen molar-refractivity contribution in [3.63, 3.8) is 0 Å². The van der Waals surface area contributed by atoms with E-state index in [2.05, 4.69) is 0 Å². The molecule has 0 unspecified atom stereocenters. The number of benzene rings is 2. The van der Waals surface area contributed by atoms with E-state index >= 15 is 0 Å². The Morgan fingerprint density at radius 1 is 1.19 bits per heavy atom. The van der Waals surface area contributed by atoms with Crippen molar-refractivity contribution in [1.82, 2.24) is 0 Å². The molecule has 0 fully saturated rings. The first-order valence-electron chi connectivity index (χ1n) is 6.58. The third-order valence-electron chi connectivity index (χ3n) is 3.12. The highest BCUT2D eigenvalue weighted by atomic mass is 35.5. The van der Waals surface area contributed by atoms with E-state index in [9.17, 15) is 4.39 Å². The Hall–Kier alpha value is -1.65. The highest BCUT2D eigenvalue weighted by molar-refractivity contribution is 7.80. The molecule has 0 atom stereocenters. The zero-order valence-corrected chi connectivity index (χ0v) is 13.0. The summed E-state index contributed by atoms with van der Waals surface area (Å²) in [6.07, 6.45) is 0.576. The predicted octanol–water partition coefficient (Wildman–Crippen LogP) is 4.16. The summed E-state index contributed by atoms with van der Waals surface area (Å²) < 4.78 is 13.9. The summed E-state index contributed by atoms with van der Waals surface area (Å²) in [6.45, 7) is 1.05. The predicted molar refractivity (Wildman–Crippen MR) is 90.3 cm³/mol. The van der Waals surface area contributed by atoms with E-state index in [1.54, 1.807) is 12.1 Å². The van der Waals surface area contributed by atoms with Gasteiger partial charge in [0.1, 0.15) is 5.82 Å². The molecule has 110 valence electrons. The van der Waals surface area contributed by atoms with Gasteiger partial charge in [0.25, 0.3) is 0 Å². The minimum absolute atomic E-state index is 0.268. The van der Waals surface area contributed by atoms with Crippen LogP contribution in [0.5, 0.6) is 0 Å². The van der Waals surface area contributed by atoms with E-state index in [0.717, 1.165) is 5.69 Å². The van der Waals surface area contributed by atoms with E-state index in [1.165, 1.54) is 6.07 Å². The van der Waals surface area contributed by atoms with Crippen molar-refractivity contribution in [2.45, 2.75) is 13.0 Å². The second-order valence-electron chi connectivity index (χ2n) is 4.71. The lowest BCUT2D eigenvalue weighted by molar-refractivity contribution is 0.604. The van der Waals surface area contributed by atoms with Crippen LogP contribution in [0.15, 0.2) is 48.5 Å². The van der Waals surface area contributed by atoms with Crippen molar-refractivity contribution < 1.29 is 4.39 Å². The zero-order valence-electron chi connectivity index (χ0n) is 11.4. The van der Waals surface area contributed by atoms with Crippen LogP contribution in [0, 0.1) is 5.82 Å². The standard InChI is InChI=1S/C16H16ClFN2S/c17-13-6-7-15(18)12(10-13)11-20(9-8-16(19)21)14-4-2-1-3-5-14/h1-7,10H,8-9,11H2,(H2,19,21). The van der Waals surface area contributed by atoms with Crippen molar-refractivity contribution in [2.75, 3.05) is 11.4 Å². The summed E-state index contributed by atoms with van der Waals surface area (Å²) in [6, 6.07) is 14.3. The second-order valence-corrected chi connectivity index (χ2v) is 5.67. The van der Waals surface area contributed by atoms with Crippen LogP contribution in [0.1, 0.15) is 12.0 Å². The molecule has 0 aliphatic rings. The molecule has 0 spiro atoms. The molecule has 21 heavy (non-hydrogen) atoms. The molecule has 0 saturated heterocycles. The van der Waals surface area contributed by atoms with Gasteiger partial charge in [-0.1, -0.05) is 42.0 Å². The van der Waals surface area contributed by atoms with Crippen molar-refractivity contribution in [1.29, 1.82) is 0 Å². The number of thiocarbonyl (C=S) groups is 1. The molecule has 2 N–H and O–H groups in total. The number of hydrogen-bond acceptors (Lipinski definition) is 2. The molecule has 0 saturated carbocycles. The van der Waals surface area contributed by atoms with Crippen LogP contribution in [0.2, 0.25) is 5.02 Å². The maximum absolute atomic E-state index is 13.9. The van der Waals surface area contributed by atoms with Crippen LogP contribution < -0.4 is 10.6 Å². The van der Waals surface area contributed by atoms with Gasteiger partial charge in [-0.05, 0) is 30.3 Å². The molecule has 0 heterocycles. The zero-order chi connectivity index (χ0) is 15.2. The van der Waals surface area contributed by atoms with Gasteiger partial charge >= 0.3 is 0 Å². The highest BCUT2D eigenvalue weighted by Gasteiger charge is 2.11. The minimum Gasteiger partial charge on any atom is -0.393 e. The van der Waals surface area contributed by atoms with Gasteiger partial charge in [-0.3, -0.25) is 0 Å². The van der Waals surface area contributed by atoms with Gasteiger partial charge in [0, 0.05) is 35.8 Å². The summed E-state index contributed by atoms with van der Waals surface area (Å²) in [5.41, 5.74) is 7.12. The van der Waals surface area contributed by atoms with E-state index in [4.69, 9.17) is 29.6 Å². The summed E-state index contributed by atoms with van der Waals surface area (Å²) in [5, 5.41) is 0.522. The molecular weight excluding hydrogens is 307 g/mol. The van der Waals surface area contributed by atoms with E-state index < -0.39 is 0 Å². The van der Waals surface area contributed by atoms with E-state index in [0.29, 0.717) is 35.1 Å². The summed E-state index contributed by atoms with van der Waals surface area (Å²) >= 11 is 10.9. The first-order chi connectivity index (χ1) is 10.1. The number of rotatable bonds is 6. The number of nitrogens with zero attached hydrogens (tertiary/aromatic N) is 1. The second kappa shape index (κ2) is 7.38. The highest BCUT2D eigenvalue weighted by Crippen LogP contribution is 2.21. The van der Waals surface area contributed by atoms with Crippen LogP contribution in [0.3, 0.4) is 0 Å². The third kappa shape index (κ3) is 4.69. The van der Waals surface area contributed by atoms with Gasteiger partial charge in [0.05, 0.1) is 4.99 Å². The van der Waals surface area contributed by atoms with Gasteiger partial charge in [-0.15, -0.1) is 0 Å². The molecular formula is C16H16ClFN2S. The first kappa shape index (κ1) is 15.7. The smallest absolute Gasteiger partial charge is 0.128 e. The first-order valence-corrected chi connectivity index (χ1v) is 7.37. The number of nitrogens with two attached hydrogens (primary N) is 1. The van der Waals surface area contributed by atoms with E-state index in [1.807, 2.05) is 35.2 Å². The molecule has 0 amide bonds. The summed E-state index contributed by atoms with van der Waals surface area (Å²) in [5.74, 6) is -0.268. The quantitative estimate of drug-likeness (QED) is 0.810. The van der Waals surface area contributed by atoms with Gasteiger partial charge < -0.3 is 10.6 Å². The Bertz CT molecular complexity index is 619. The average Bonchev–Trinajstić information content (AvgIpc) is 2.47. The van der Waals surface area contributed by atoms with Crippen LogP contribution in [0.25, 0.3) is 0 Å². The molecule has 0 aliphatic carbocycles. The van der Waals surface area contributed by atoms with Gasteiger partial charge in [0.2, 0.25) is 0 Å². The molecule has 5 heteroatoms. The van der Waals surface area contributed by atoms with Crippen molar-refractivity contribution >= 4 is 34.5 Å². The van der Waals surface area contributed by atoms with Gasteiger partial charge in [-0.2, -0.15) is 0 Å². The number of halogens is 2.